The summed E-state index contributed by atoms with van der Waals surface area (Å²) in [6.07, 6.45) is 1.47. The third-order valence-electron chi connectivity index (χ3n) is 4.12. The van der Waals surface area contributed by atoms with Crippen molar-refractivity contribution in [1.29, 1.82) is 0 Å². The lowest BCUT2D eigenvalue weighted by molar-refractivity contribution is -0.121. The van der Waals surface area contributed by atoms with Crippen molar-refractivity contribution in [3.8, 4) is 0 Å². The lowest BCUT2D eigenvalue weighted by atomic mass is 10.2. The lowest BCUT2D eigenvalue weighted by Gasteiger charge is -2.22. The van der Waals surface area contributed by atoms with Crippen LogP contribution in [0.5, 0.6) is 0 Å². The van der Waals surface area contributed by atoms with E-state index >= 15 is 0 Å². The molecule has 3 aromatic rings. The smallest absolute Gasteiger partial charge is 0.243 e. The van der Waals surface area contributed by atoms with E-state index in [9.17, 15) is 17.6 Å². The van der Waals surface area contributed by atoms with Crippen molar-refractivity contribution < 1.29 is 22.0 Å². The highest BCUT2D eigenvalue weighted by Gasteiger charge is 2.27. The summed E-state index contributed by atoms with van der Waals surface area (Å²) in [5, 5.41) is 2.97. The first kappa shape index (κ1) is 21.0. The molecule has 0 aliphatic carbocycles. The Bertz CT molecular complexity index is 1070. The molecule has 29 heavy (non-hydrogen) atoms. The van der Waals surface area contributed by atoms with Gasteiger partial charge in [-0.2, -0.15) is 4.31 Å². The summed E-state index contributed by atoms with van der Waals surface area (Å²) in [6, 6.07) is 14.7. The number of rotatable bonds is 8. The van der Waals surface area contributed by atoms with E-state index in [1.165, 1.54) is 48.7 Å². The molecule has 0 bridgehead atoms. The molecule has 0 aliphatic rings. The predicted molar refractivity (Wildman–Crippen MR) is 106 cm³/mol. The maximum atomic E-state index is 14.1. The van der Waals surface area contributed by atoms with Gasteiger partial charge in [0.2, 0.25) is 15.9 Å². The molecule has 3 rings (SSSR count). The number of nitrogens with one attached hydrogen (secondary N) is 1. The van der Waals surface area contributed by atoms with E-state index in [0.29, 0.717) is 10.8 Å². The highest BCUT2D eigenvalue weighted by Crippen LogP contribution is 2.21. The monoisotopic (exact) mass is 436 g/mol. The van der Waals surface area contributed by atoms with Gasteiger partial charge in [-0.15, -0.1) is 0 Å². The van der Waals surface area contributed by atoms with Crippen molar-refractivity contribution in [2.45, 2.75) is 18.0 Å². The number of hydrogen-bond acceptors (Lipinski definition) is 4. The van der Waals surface area contributed by atoms with Gasteiger partial charge < -0.3 is 9.73 Å². The van der Waals surface area contributed by atoms with Crippen LogP contribution < -0.4 is 5.32 Å². The normalized spacial score (nSPS) is 11.6. The molecule has 0 atom stereocenters. The number of furan rings is 1. The Morgan fingerprint density at radius 2 is 1.79 bits per heavy atom. The maximum Gasteiger partial charge on any atom is 0.243 e. The zero-order valence-corrected chi connectivity index (χ0v) is 16.8. The molecule has 152 valence electrons. The molecule has 0 saturated carbocycles. The summed E-state index contributed by atoms with van der Waals surface area (Å²) in [6.45, 7) is -0.674. The molecule has 0 fully saturated rings. The number of halogens is 2. The predicted octanol–water partition coefficient (Wildman–Crippen LogP) is 3.58. The second-order valence-electron chi connectivity index (χ2n) is 6.17. The van der Waals surface area contributed by atoms with Crippen molar-refractivity contribution in [2.24, 2.45) is 0 Å². The third-order valence-corrected chi connectivity index (χ3v) is 6.17. The van der Waals surface area contributed by atoms with Gasteiger partial charge in [0.1, 0.15) is 11.6 Å². The highest BCUT2D eigenvalue weighted by molar-refractivity contribution is 7.89. The van der Waals surface area contributed by atoms with Crippen LogP contribution >= 0.6 is 11.6 Å². The average molecular weight is 437 g/mol. The van der Waals surface area contributed by atoms with E-state index in [2.05, 4.69) is 5.32 Å². The van der Waals surface area contributed by atoms with Crippen molar-refractivity contribution in [2.75, 3.05) is 6.54 Å². The first-order valence-corrected chi connectivity index (χ1v) is 10.5. The summed E-state index contributed by atoms with van der Waals surface area (Å²) in [7, 11) is -4.08. The first-order valence-electron chi connectivity index (χ1n) is 8.64. The fraction of sp³-hybridized carbons (Fsp3) is 0.150. The molecule has 9 heteroatoms. The van der Waals surface area contributed by atoms with Gasteiger partial charge in [0, 0.05) is 17.1 Å². The number of nitrogens with zero attached hydrogens (tertiary/aromatic N) is 1. The Labute approximate surface area is 173 Å². The van der Waals surface area contributed by atoms with Crippen LogP contribution in [0.3, 0.4) is 0 Å². The van der Waals surface area contributed by atoms with Crippen LogP contribution in [-0.4, -0.2) is 25.2 Å². The fourth-order valence-corrected chi connectivity index (χ4v) is 4.11. The van der Waals surface area contributed by atoms with Crippen molar-refractivity contribution in [3.63, 3.8) is 0 Å². The summed E-state index contributed by atoms with van der Waals surface area (Å²) >= 11 is 5.84. The Balaban J connectivity index is 1.83. The summed E-state index contributed by atoms with van der Waals surface area (Å²) in [5.41, 5.74) is 0.156. The summed E-state index contributed by atoms with van der Waals surface area (Å²) < 4.78 is 46.4. The number of amides is 1. The van der Waals surface area contributed by atoms with Crippen LogP contribution in [0.25, 0.3) is 0 Å². The Kier molecular flexibility index (Phi) is 6.68. The number of carbonyl (C=O) groups is 1. The molecule has 1 N–H and O–H groups in total. The Morgan fingerprint density at radius 3 is 2.45 bits per heavy atom. The van der Waals surface area contributed by atoms with Gasteiger partial charge >= 0.3 is 0 Å². The topological polar surface area (TPSA) is 79.6 Å². The molecule has 1 aromatic heterocycles. The zero-order chi connectivity index (χ0) is 20.9. The molecule has 0 radical (unpaired) electrons. The molecule has 1 heterocycles. The van der Waals surface area contributed by atoms with Crippen molar-refractivity contribution >= 4 is 27.5 Å². The van der Waals surface area contributed by atoms with Gasteiger partial charge in [-0.1, -0.05) is 29.8 Å². The molecule has 0 spiro atoms. The van der Waals surface area contributed by atoms with E-state index in [-0.39, 0.29) is 23.5 Å². The largest absolute Gasteiger partial charge is 0.467 e. The van der Waals surface area contributed by atoms with Crippen molar-refractivity contribution in [3.05, 3.63) is 89.1 Å². The van der Waals surface area contributed by atoms with Gasteiger partial charge in [0.05, 0.1) is 24.2 Å². The lowest BCUT2D eigenvalue weighted by Crippen LogP contribution is -2.40. The second kappa shape index (κ2) is 9.21. The van der Waals surface area contributed by atoms with Crippen LogP contribution in [0.15, 0.2) is 76.2 Å². The van der Waals surface area contributed by atoms with E-state index in [1.54, 1.807) is 18.2 Å². The SMILES string of the molecule is O=C(CN(Cc1ccccc1F)S(=O)(=O)c1ccc(Cl)cc1)NCc1ccco1. The zero-order valence-electron chi connectivity index (χ0n) is 15.2. The second-order valence-corrected chi connectivity index (χ2v) is 8.55. The van der Waals surface area contributed by atoms with Crippen LogP contribution in [-0.2, 0) is 27.9 Å². The third kappa shape index (κ3) is 5.44. The molecule has 0 unspecified atom stereocenters. The molecular formula is C20H18ClFN2O4S. The highest BCUT2D eigenvalue weighted by atomic mass is 35.5. The van der Waals surface area contributed by atoms with Gasteiger partial charge in [-0.05, 0) is 42.5 Å². The number of carbonyl (C=O) groups excluding carboxylic acids is 1. The summed E-state index contributed by atoms with van der Waals surface area (Å²) in [4.78, 5) is 12.3. The maximum absolute atomic E-state index is 14.1. The fourth-order valence-electron chi connectivity index (χ4n) is 2.61. The van der Waals surface area contributed by atoms with Gasteiger partial charge in [-0.3, -0.25) is 4.79 Å². The minimum absolute atomic E-state index is 0.0444. The number of benzene rings is 2. The molecule has 0 saturated heterocycles. The van der Waals surface area contributed by atoms with Crippen LogP contribution in [0.4, 0.5) is 4.39 Å². The summed E-state index contributed by atoms with van der Waals surface area (Å²) in [5.74, 6) is -0.574. The van der Waals surface area contributed by atoms with Gasteiger partial charge in [0.25, 0.3) is 0 Å². The van der Waals surface area contributed by atoms with Gasteiger partial charge in [-0.25, -0.2) is 12.8 Å². The number of sulfonamides is 1. The number of hydrogen-bond donors (Lipinski definition) is 1. The molecular weight excluding hydrogens is 419 g/mol. The van der Waals surface area contributed by atoms with E-state index in [4.69, 9.17) is 16.0 Å². The quantitative estimate of drug-likeness (QED) is 0.585. The van der Waals surface area contributed by atoms with Crippen molar-refractivity contribution in [1.82, 2.24) is 9.62 Å². The van der Waals surface area contributed by atoms with Crippen LogP contribution in [0.1, 0.15) is 11.3 Å². The van der Waals surface area contributed by atoms with Crippen LogP contribution in [0.2, 0.25) is 5.02 Å². The molecule has 2 aromatic carbocycles. The molecule has 0 aliphatic heterocycles. The standard InChI is InChI=1S/C20H18ClFN2O4S/c21-16-7-9-18(10-8-16)29(26,27)24(13-15-4-1-2-6-19(15)22)14-20(25)23-12-17-5-3-11-28-17/h1-11H,12-14H2,(H,23,25). The minimum Gasteiger partial charge on any atom is -0.467 e. The first-order chi connectivity index (χ1) is 13.9. The minimum atomic E-state index is -4.08. The average Bonchev–Trinajstić information content (AvgIpc) is 3.21. The Hall–Kier alpha value is -2.68. The molecule has 1 amide bonds. The Morgan fingerprint density at radius 1 is 1.07 bits per heavy atom. The molecule has 6 nitrogen and oxygen atoms in total. The van der Waals surface area contributed by atoms with E-state index < -0.39 is 28.3 Å². The van der Waals surface area contributed by atoms with Crippen LogP contribution in [0, 0.1) is 5.82 Å². The van der Waals surface area contributed by atoms with Gasteiger partial charge in [0.15, 0.2) is 0 Å². The van der Waals surface area contributed by atoms with E-state index in [1.807, 2.05) is 0 Å². The van der Waals surface area contributed by atoms with E-state index in [0.717, 1.165) is 4.31 Å².